The average molecular weight is 324 g/mol. The number of carbonyl (C=O) groups excluding carboxylic acids is 1. The second-order valence-electron chi connectivity index (χ2n) is 5.48. The molecule has 6 heteroatoms. The largest absolute Gasteiger partial charge is 0.508 e. The van der Waals surface area contributed by atoms with Crippen LogP contribution in [0.2, 0.25) is 0 Å². The number of aromatic nitrogens is 1. The topological polar surface area (TPSA) is 102 Å². The Balaban J connectivity index is 1.80. The van der Waals surface area contributed by atoms with E-state index in [2.05, 4.69) is 10.3 Å². The predicted molar refractivity (Wildman–Crippen MR) is 89.0 cm³/mol. The Hall–Kier alpha value is -3.28. The number of benzene rings is 2. The smallest absolute Gasteiger partial charge is 0.326 e. The van der Waals surface area contributed by atoms with Crippen molar-refractivity contribution < 1.29 is 19.8 Å². The van der Waals surface area contributed by atoms with Gasteiger partial charge in [0, 0.05) is 29.1 Å². The van der Waals surface area contributed by atoms with Crippen molar-refractivity contribution >= 4 is 22.8 Å². The van der Waals surface area contributed by atoms with Crippen molar-refractivity contribution in [3.63, 3.8) is 0 Å². The van der Waals surface area contributed by atoms with Crippen LogP contribution in [0.25, 0.3) is 10.9 Å². The summed E-state index contributed by atoms with van der Waals surface area (Å²) in [5.74, 6) is -1.71. The molecule has 0 radical (unpaired) electrons. The quantitative estimate of drug-likeness (QED) is 0.578. The number of fused-ring (bicyclic) bond motifs is 1. The van der Waals surface area contributed by atoms with Gasteiger partial charge in [-0.05, 0) is 29.8 Å². The third-order valence-corrected chi connectivity index (χ3v) is 3.81. The molecule has 24 heavy (non-hydrogen) atoms. The molecule has 4 N–H and O–H groups in total. The zero-order chi connectivity index (χ0) is 17.1. The normalized spacial score (nSPS) is 12.0. The molecule has 0 aliphatic carbocycles. The second-order valence-corrected chi connectivity index (χ2v) is 5.48. The highest BCUT2D eigenvalue weighted by Crippen LogP contribution is 2.19. The van der Waals surface area contributed by atoms with Crippen LogP contribution in [-0.2, 0) is 11.2 Å². The maximum Gasteiger partial charge on any atom is 0.326 e. The molecular formula is C18H16N2O4. The number of phenols is 1. The number of H-pyrrole nitrogens is 1. The van der Waals surface area contributed by atoms with E-state index in [0.29, 0.717) is 0 Å². The van der Waals surface area contributed by atoms with Crippen molar-refractivity contribution in [2.45, 2.75) is 12.5 Å². The fraction of sp³-hybridized carbons (Fsp3) is 0.111. The van der Waals surface area contributed by atoms with E-state index in [-0.39, 0.29) is 17.7 Å². The summed E-state index contributed by atoms with van der Waals surface area (Å²) >= 11 is 0. The predicted octanol–water partition coefficient (Wildman–Crippen LogP) is 2.30. The van der Waals surface area contributed by atoms with Crippen molar-refractivity contribution in [3.05, 3.63) is 65.9 Å². The SMILES string of the molecule is O=C(NC(Cc1c[nH]c2ccccc12)C(=O)O)c1cccc(O)c1. The average Bonchev–Trinajstić information content (AvgIpc) is 2.97. The van der Waals surface area contributed by atoms with Gasteiger partial charge >= 0.3 is 5.97 Å². The van der Waals surface area contributed by atoms with Gasteiger partial charge in [-0.15, -0.1) is 0 Å². The van der Waals surface area contributed by atoms with Gasteiger partial charge in [0.25, 0.3) is 5.91 Å². The van der Waals surface area contributed by atoms with Crippen LogP contribution in [0.5, 0.6) is 5.75 Å². The molecule has 1 amide bonds. The zero-order valence-corrected chi connectivity index (χ0v) is 12.7. The molecule has 0 saturated carbocycles. The van der Waals surface area contributed by atoms with Gasteiger partial charge in [0.15, 0.2) is 0 Å². The van der Waals surface area contributed by atoms with Crippen molar-refractivity contribution in [2.75, 3.05) is 0 Å². The minimum Gasteiger partial charge on any atom is -0.508 e. The van der Waals surface area contributed by atoms with E-state index in [1.807, 2.05) is 24.3 Å². The number of hydrogen-bond donors (Lipinski definition) is 4. The van der Waals surface area contributed by atoms with Gasteiger partial charge in [0.05, 0.1) is 0 Å². The van der Waals surface area contributed by atoms with Gasteiger partial charge in [-0.3, -0.25) is 4.79 Å². The van der Waals surface area contributed by atoms with Crippen molar-refractivity contribution in [1.82, 2.24) is 10.3 Å². The summed E-state index contributed by atoms with van der Waals surface area (Å²) in [4.78, 5) is 26.8. The molecule has 0 saturated heterocycles. The van der Waals surface area contributed by atoms with Crippen LogP contribution in [0.1, 0.15) is 15.9 Å². The summed E-state index contributed by atoms with van der Waals surface area (Å²) in [5.41, 5.74) is 1.94. The van der Waals surface area contributed by atoms with E-state index >= 15 is 0 Å². The van der Waals surface area contributed by atoms with Crippen LogP contribution >= 0.6 is 0 Å². The number of aliphatic carboxylic acids is 1. The van der Waals surface area contributed by atoms with Gasteiger partial charge in [-0.1, -0.05) is 24.3 Å². The molecule has 0 bridgehead atoms. The van der Waals surface area contributed by atoms with Gasteiger partial charge < -0.3 is 20.5 Å². The number of aromatic hydroxyl groups is 1. The van der Waals surface area contributed by atoms with E-state index in [1.165, 1.54) is 24.3 Å². The number of aromatic amines is 1. The maximum atomic E-state index is 12.2. The molecule has 3 rings (SSSR count). The molecule has 1 heterocycles. The highest BCUT2D eigenvalue weighted by atomic mass is 16.4. The Morgan fingerprint density at radius 2 is 1.92 bits per heavy atom. The van der Waals surface area contributed by atoms with Crippen LogP contribution in [0.3, 0.4) is 0 Å². The Morgan fingerprint density at radius 1 is 1.12 bits per heavy atom. The number of phenolic OH excluding ortho intramolecular Hbond substituents is 1. The minimum atomic E-state index is -1.12. The van der Waals surface area contributed by atoms with Crippen molar-refractivity contribution in [2.24, 2.45) is 0 Å². The Kier molecular flexibility index (Phi) is 4.20. The number of amides is 1. The fourth-order valence-electron chi connectivity index (χ4n) is 2.61. The summed E-state index contributed by atoms with van der Waals surface area (Å²) in [7, 11) is 0. The second kappa shape index (κ2) is 6.45. The molecule has 0 aliphatic heterocycles. The van der Waals surface area contributed by atoms with Crippen LogP contribution in [-0.4, -0.2) is 33.1 Å². The summed E-state index contributed by atoms with van der Waals surface area (Å²) in [6.07, 6.45) is 1.91. The number of nitrogens with one attached hydrogen (secondary N) is 2. The van der Waals surface area contributed by atoms with E-state index in [4.69, 9.17) is 0 Å². The molecule has 1 unspecified atom stereocenters. The molecule has 1 aromatic heterocycles. The summed E-state index contributed by atoms with van der Waals surface area (Å²) in [6, 6.07) is 12.3. The Labute approximate surface area is 137 Å². The summed E-state index contributed by atoms with van der Waals surface area (Å²) < 4.78 is 0. The Morgan fingerprint density at radius 3 is 2.67 bits per heavy atom. The third kappa shape index (κ3) is 3.22. The lowest BCUT2D eigenvalue weighted by Crippen LogP contribution is -2.42. The number of para-hydroxylation sites is 1. The standard InChI is InChI=1S/C18H16N2O4/c21-13-5-3-4-11(8-13)17(22)20-16(18(23)24)9-12-10-19-15-7-2-1-6-14(12)15/h1-8,10,16,19,21H,9H2,(H,20,22)(H,23,24). The fourth-order valence-corrected chi connectivity index (χ4v) is 2.61. The van der Waals surface area contributed by atoms with E-state index < -0.39 is 17.9 Å². The van der Waals surface area contributed by atoms with Crippen LogP contribution < -0.4 is 5.32 Å². The van der Waals surface area contributed by atoms with E-state index in [0.717, 1.165) is 16.5 Å². The Bertz CT molecular complexity index is 901. The molecule has 1 atom stereocenters. The van der Waals surface area contributed by atoms with Crippen LogP contribution in [0.15, 0.2) is 54.7 Å². The van der Waals surface area contributed by atoms with Crippen LogP contribution in [0, 0.1) is 0 Å². The highest BCUT2D eigenvalue weighted by molar-refractivity contribution is 5.97. The van der Waals surface area contributed by atoms with Gasteiger partial charge in [-0.2, -0.15) is 0 Å². The number of carboxylic acids is 1. The maximum absolute atomic E-state index is 12.2. The molecule has 0 fully saturated rings. The molecule has 122 valence electrons. The molecular weight excluding hydrogens is 308 g/mol. The number of carboxylic acid groups (broad SMARTS) is 1. The molecule has 6 nitrogen and oxygen atoms in total. The van der Waals surface area contributed by atoms with Crippen LogP contribution in [0.4, 0.5) is 0 Å². The van der Waals surface area contributed by atoms with E-state index in [1.54, 1.807) is 6.20 Å². The van der Waals surface area contributed by atoms with E-state index in [9.17, 15) is 19.8 Å². The first kappa shape index (κ1) is 15.6. The number of carbonyl (C=O) groups is 2. The number of rotatable bonds is 5. The summed E-state index contributed by atoms with van der Waals surface area (Å²) in [6.45, 7) is 0. The summed E-state index contributed by atoms with van der Waals surface area (Å²) in [5, 5.41) is 22.3. The molecule has 3 aromatic rings. The lowest BCUT2D eigenvalue weighted by atomic mass is 10.0. The minimum absolute atomic E-state index is 0.0499. The van der Waals surface area contributed by atoms with Gasteiger partial charge in [0.1, 0.15) is 11.8 Å². The highest BCUT2D eigenvalue weighted by Gasteiger charge is 2.22. The monoisotopic (exact) mass is 324 g/mol. The zero-order valence-electron chi connectivity index (χ0n) is 12.7. The first-order valence-electron chi connectivity index (χ1n) is 7.42. The molecule has 2 aromatic carbocycles. The first-order valence-corrected chi connectivity index (χ1v) is 7.42. The third-order valence-electron chi connectivity index (χ3n) is 3.81. The van der Waals surface area contributed by atoms with Crippen molar-refractivity contribution in [3.8, 4) is 5.75 Å². The number of hydrogen-bond acceptors (Lipinski definition) is 3. The van der Waals surface area contributed by atoms with Crippen molar-refractivity contribution in [1.29, 1.82) is 0 Å². The van der Waals surface area contributed by atoms with Gasteiger partial charge in [0.2, 0.25) is 0 Å². The lowest BCUT2D eigenvalue weighted by molar-refractivity contribution is -0.139. The molecule has 0 aliphatic rings. The lowest BCUT2D eigenvalue weighted by Gasteiger charge is -2.14. The first-order chi connectivity index (χ1) is 11.5. The molecule has 0 spiro atoms. The van der Waals surface area contributed by atoms with Gasteiger partial charge in [-0.25, -0.2) is 4.79 Å².